The Bertz CT molecular complexity index is 1020. The van der Waals surface area contributed by atoms with E-state index in [-0.39, 0.29) is 6.61 Å². The van der Waals surface area contributed by atoms with Gasteiger partial charge in [-0.15, -0.1) is 0 Å². The van der Waals surface area contributed by atoms with E-state index in [1.165, 1.54) is 0 Å². The minimum absolute atomic E-state index is 0.196. The van der Waals surface area contributed by atoms with Crippen molar-refractivity contribution in [2.24, 2.45) is 0 Å². The van der Waals surface area contributed by atoms with Crippen LogP contribution in [0.5, 0.6) is 11.5 Å². The van der Waals surface area contributed by atoms with Gasteiger partial charge in [0.05, 0.1) is 11.6 Å². The van der Waals surface area contributed by atoms with Crippen LogP contribution in [0.15, 0.2) is 78.9 Å². The van der Waals surface area contributed by atoms with Gasteiger partial charge in [-0.1, -0.05) is 54.1 Å². The third-order valence-corrected chi connectivity index (χ3v) is 4.03. The topological polar surface area (TPSA) is 59.3 Å². The second-order valence-electron chi connectivity index (χ2n) is 5.82. The number of rotatable bonds is 6. The van der Waals surface area contributed by atoms with E-state index in [0.717, 1.165) is 11.1 Å². The highest BCUT2D eigenvalue weighted by atomic mass is 35.5. The highest BCUT2D eigenvalue weighted by Gasteiger charge is 2.07. The summed E-state index contributed by atoms with van der Waals surface area (Å²) in [4.78, 5) is 12.0. The lowest BCUT2D eigenvalue weighted by Gasteiger charge is -2.07. The summed E-state index contributed by atoms with van der Waals surface area (Å²) in [7, 11) is 0. The molecule has 0 aromatic heterocycles. The molecular weight excluding hydrogens is 374 g/mol. The highest BCUT2D eigenvalue weighted by Crippen LogP contribution is 2.22. The fourth-order valence-corrected chi connectivity index (χ4v) is 2.59. The Balaban J connectivity index is 1.68. The average Bonchev–Trinajstić information content (AvgIpc) is 2.72. The summed E-state index contributed by atoms with van der Waals surface area (Å²) in [6.07, 6.45) is 1.72. The number of ether oxygens (including phenoxy) is 2. The molecule has 0 radical (unpaired) electrons. The molecular formula is C23H16ClNO3. The zero-order valence-corrected chi connectivity index (χ0v) is 15.6. The third-order valence-electron chi connectivity index (χ3n) is 3.78. The number of nitrogens with zero attached hydrogens (tertiary/aromatic N) is 1. The highest BCUT2D eigenvalue weighted by molar-refractivity contribution is 6.30. The monoisotopic (exact) mass is 389 g/mol. The molecule has 0 aliphatic carbocycles. The van der Waals surface area contributed by atoms with Crippen LogP contribution in [0.2, 0.25) is 5.02 Å². The Morgan fingerprint density at radius 2 is 1.68 bits per heavy atom. The normalized spacial score (nSPS) is 10.8. The zero-order chi connectivity index (χ0) is 19.8. The Morgan fingerprint density at radius 1 is 0.964 bits per heavy atom. The molecule has 0 saturated carbocycles. The predicted octanol–water partition coefficient (Wildman–Crippen LogP) is 5.39. The van der Waals surface area contributed by atoms with Gasteiger partial charge in [0.15, 0.2) is 6.61 Å². The SMILES string of the molecule is N#C/C(=C/c1cccc(OC(=O)COc2ccccc2)c1)c1ccc(Cl)cc1. The summed E-state index contributed by atoms with van der Waals surface area (Å²) in [5, 5.41) is 10.1. The molecule has 28 heavy (non-hydrogen) atoms. The Kier molecular flexibility index (Phi) is 6.46. The number of hydrogen-bond donors (Lipinski definition) is 0. The van der Waals surface area contributed by atoms with Crippen LogP contribution in [0.4, 0.5) is 0 Å². The van der Waals surface area contributed by atoms with E-state index in [1.807, 2.05) is 24.3 Å². The summed E-state index contributed by atoms with van der Waals surface area (Å²) in [5.41, 5.74) is 1.97. The van der Waals surface area contributed by atoms with Crippen LogP contribution in [0.25, 0.3) is 11.6 Å². The molecule has 3 aromatic carbocycles. The smallest absolute Gasteiger partial charge is 0.349 e. The van der Waals surface area contributed by atoms with Crippen LogP contribution in [-0.2, 0) is 4.79 Å². The van der Waals surface area contributed by atoms with Crippen molar-refractivity contribution < 1.29 is 14.3 Å². The summed E-state index contributed by atoms with van der Waals surface area (Å²) < 4.78 is 10.7. The molecule has 0 atom stereocenters. The summed E-state index contributed by atoms with van der Waals surface area (Å²) in [6.45, 7) is -0.196. The van der Waals surface area contributed by atoms with Crippen molar-refractivity contribution in [3.8, 4) is 17.6 Å². The largest absolute Gasteiger partial charge is 0.482 e. The quantitative estimate of drug-likeness (QED) is 0.245. The number of allylic oxidation sites excluding steroid dienone is 1. The minimum atomic E-state index is -0.511. The predicted molar refractivity (Wildman–Crippen MR) is 109 cm³/mol. The first-order valence-electron chi connectivity index (χ1n) is 8.50. The minimum Gasteiger partial charge on any atom is -0.482 e. The molecule has 0 unspecified atom stereocenters. The van der Waals surface area contributed by atoms with E-state index >= 15 is 0 Å². The first-order valence-corrected chi connectivity index (χ1v) is 8.88. The fourth-order valence-electron chi connectivity index (χ4n) is 2.46. The lowest BCUT2D eigenvalue weighted by molar-refractivity contribution is -0.136. The Hall–Kier alpha value is -3.55. The molecule has 3 aromatic rings. The number of para-hydroxylation sites is 1. The average molecular weight is 390 g/mol. The molecule has 0 aliphatic rings. The van der Waals surface area contributed by atoms with Gasteiger partial charge in [0.25, 0.3) is 0 Å². The van der Waals surface area contributed by atoms with Crippen molar-refractivity contribution in [1.29, 1.82) is 5.26 Å². The van der Waals surface area contributed by atoms with Crippen LogP contribution >= 0.6 is 11.6 Å². The number of benzene rings is 3. The van der Waals surface area contributed by atoms with Crippen LogP contribution in [0, 0.1) is 11.3 Å². The van der Waals surface area contributed by atoms with Crippen molar-refractivity contribution in [2.45, 2.75) is 0 Å². The summed E-state index contributed by atoms with van der Waals surface area (Å²) in [6, 6.07) is 25.2. The molecule has 0 spiro atoms. The van der Waals surface area contributed by atoms with Crippen LogP contribution < -0.4 is 9.47 Å². The van der Waals surface area contributed by atoms with Gasteiger partial charge in [-0.25, -0.2) is 4.79 Å². The summed E-state index contributed by atoms with van der Waals surface area (Å²) in [5.74, 6) is 0.463. The van der Waals surface area contributed by atoms with Crippen molar-refractivity contribution in [2.75, 3.05) is 6.61 Å². The molecule has 3 rings (SSSR count). The van der Waals surface area contributed by atoms with Crippen molar-refractivity contribution >= 4 is 29.2 Å². The lowest BCUT2D eigenvalue weighted by Crippen LogP contribution is -2.17. The first-order chi connectivity index (χ1) is 13.6. The van der Waals surface area contributed by atoms with Crippen LogP contribution in [0.1, 0.15) is 11.1 Å². The van der Waals surface area contributed by atoms with Gasteiger partial charge in [0.1, 0.15) is 11.5 Å². The maximum absolute atomic E-state index is 12.0. The van der Waals surface area contributed by atoms with E-state index in [0.29, 0.717) is 22.1 Å². The number of carbonyl (C=O) groups excluding carboxylic acids is 1. The van der Waals surface area contributed by atoms with Crippen molar-refractivity contribution in [3.63, 3.8) is 0 Å². The second kappa shape index (κ2) is 9.40. The number of esters is 1. The van der Waals surface area contributed by atoms with E-state index in [4.69, 9.17) is 21.1 Å². The van der Waals surface area contributed by atoms with Crippen LogP contribution in [-0.4, -0.2) is 12.6 Å². The van der Waals surface area contributed by atoms with Gasteiger partial charge in [-0.2, -0.15) is 5.26 Å². The number of carbonyl (C=O) groups is 1. The van der Waals surface area contributed by atoms with E-state index in [9.17, 15) is 10.1 Å². The van der Waals surface area contributed by atoms with Gasteiger partial charge in [-0.05, 0) is 53.6 Å². The molecule has 0 saturated heterocycles. The lowest BCUT2D eigenvalue weighted by atomic mass is 10.0. The van der Waals surface area contributed by atoms with Gasteiger partial charge >= 0.3 is 5.97 Å². The number of halogens is 1. The van der Waals surface area contributed by atoms with E-state index in [2.05, 4.69) is 6.07 Å². The fraction of sp³-hybridized carbons (Fsp3) is 0.0435. The molecule has 0 amide bonds. The van der Waals surface area contributed by atoms with Gasteiger partial charge in [0.2, 0.25) is 0 Å². The Labute approximate surface area is 168 Å². The third kappa shape index (κ3) is 5.47. The van der Waals surface area contributed by atoms with Crippen molar-refractivity contribution in [1.82, 2.24) is 0 Å². The maximum atomic E-state index is 12.0. The molecule has 0 bridgehead atoms. The molecule has 0 aliphatic heterocycles. The van der Waals surface area contributed by atoms with Gasteiger partial charge in [0, 0.05) is 5.02 Å². The first kappa shape index (κ1) is 19.2. The van der Waals surface area contributed by atoms with Crippen molar-refractivity contribution in [3.05, 3.63) is 95.0 Å². The van der Waals surface area contributed by atoms with Gasteiger partial charge in [-0.3, -0.25) is 0 Å². The maximum Gasteiger partial charge on any atom is 0.349 e. The van der Waals surface area contributed by atoms with Crippen LogP contribution in [0.3, 0.4) is 0 Å². The number of hydrogen-bond acceptors (Lipinski definition) is 4. The van der Waals surface area contributed by atoms with E-state index in [1.54, 1.807) is 60.7 Å². The summed E-state index contributed by atoms with van der Waals surface area (Å²) >= 11 is 5.89. The van der Waals surface area contributed by atoms with Gasteiger partial charge < -0.3 is 9.47 Å². The molecule has 4 nitrogen and oxygen atoms in total. The molecule has 138 valence electrons. The molecule has 0 N–H and O–H groups in total. The number of nitriles is 1. The molecule has 0 fully saturated rings. The zero-order valence-electron chi connectivity index (χ0n) is 14.8. The Morgan fingerprint density at radius 3 is 2.39 bits per heavy atom. The molecule has 5 heteroatoms. The van der Waals surface area contributed by atoms with E-state index < -0.39 is 5.97 Å². The molecule has 0 heterocycles. The standard InChI is InChI=1S/C23H16ClNO3/c24-20-11-9-18(10-12-20)19(15-25)13-17-5-4-8-22(14-17)28-23(26)16-27-21-6-2-1-3-7-21/h1-14H,16H2/b19-13-. The second-order valence-corrected chi connectivity index (χ2v) is 6.26.